The first-order chi connectivity index (χ1) is 16.4. The number of aryl methyl sites for hydroxylation is 1. The van der Waals surface area contributed by atoms with Gasteiger partial charge in [0.05, 0.1) is 17.3 Å². The zero-order valence-corrected chi connectivity index (χ0v) is 20.2. The van der Waals surface area contributed by atoms with E-state index < -0.39 is 17.6 Å². The van der Waals surface area contributed by atoms with Gasteiger partial charge in [-0.1, -0.05) is 24.3 Å². The van der Waals surface area contributed by atoms with Gasteiger partial charge in [0.1, 0.15) is 12.4 Å². The van der Waals surface area contributed by atoms with Gasteiger partial charge in [-0.2, -0.15) is 5.10 Å². The third-order valence-corrected chi connectivity index (χ3v) is 5.24. The first kappa shape index (κ1) is 24.9. The highest BCUT2D eigenvalue weighted by molar-refractivity contribution is 9.10. The van der Waals surface area contributed by atoms with Crippen LogP contribution >= 0.6 is 15.9 Å². The van der Waals surface area contributed by atoms with Crippen LogP contribution in [0.3, 0.4) is 0 Å². The average Bonchev–Trinajstić information content (AvgIpc) is 2.81. The highest BCUT2D eigenvalue weighted by atomic mass is 79.9. The molecule has 0 saturated carbocycles. The molecule has 0 radical (unpaired) electrons. The molecule has 0 unspecified atom stereocenters. The minimum atomic E-state index is -0.970. The molecule has 2 N–H and O–H groups in total. The van der Waals surface area contributed by atoms with Crippen LogP contribution in [0.15, 0.2) is 70.2 Å². The summed E-state index contributed by atoms with van der Waals surface area (Å²) in [5.41, 5.74) is 5.24. The molecule has 3 aromatic carbocycles. The second kappa shape index (κ2) is 11.9. The number of hydrazone groups is 1. The molecule has 0 fully saturated rings. The Bertz CT molecular complexity index is 1200. The van der Waals surface area contributed by atoms with Crippen LogP contribution in [0, 0.1) is 12.7 Å². The summed E-state index contributed by atoms with van der Waals surface area (Å²) in [6.45, 7) is 4.68. The van der Waals surface area contributed by atoms with Gasteiger partial charge in [-0.3, -0.25) is 9.59 Å². The van der Waals surface area contributed by atoms with Gasteiger partial charge in [0, 0.05) is 5.69 Å². The molecule has 0 bridgehead atoms. The second-order valence-corrected chi connectivity index (χ2v) is 7.99. The fourth-order valence-electron chi connectivity index (χ4n) is 2.92. The van der Waals surface area contributed by atoms with Crippen LogP contribution in [0.1, 0.15) is 23.6 Å². The summed E-state index contributed by atoms with van der Waals surface area (Å²) < 4.78 is 25.3. The van der Waals surface area contributed by atoms with Crippen molar-refractivity contribution in [3.05, 3.63) is 87.6 Å². The lowest BCUT2D eigenvalue weighted by Gasteiger charge is -2.15. The number of hydrogen-bond acceptors (Lipinski definition) is 5. The predicted molar refractivity (Wildman–Crippen MR) is 132 cm³/mol. The number of ether oxygens (including phenoxy) is 2. The van der Waals surface area contributed by atoms with Gasteiger partial charge in [-0.25, -0.2) is 9.82 Å². The normalized spacial score (nSPS) is 10.7. The minimum absolute atomic E-state index is 0.289. The maximum absolute atomic E-state index is 12.9. The number of halogens is 2. The third kappa shape index (κ3) is 6.89. The van der Waals surface area contributed by atoms with Crippen LogP contribution in [0.5, 0.6) is 11.5 Å². The SMILES string of the molecule is CCOc1cc(/C=N/NC(=O)C(=O)Nc2ccc(F)cc2)cc(Br)c1OCc1ccccc1C. The van der Waals surface area contributed by atoms with Crippen LogP contribution in [0.2, 0.25) is 0 Å². The molecule has 7 nitrogen and oxygen atoms in total. The lowest BCUT2D eigenvalue weighted by molar-refractivity contribution is -0.136. The van der Waals surface area contributed by atoms with Crippen molar-refractivity contribution < 1.29 is 23.5 Å². The molecule has 3 aromatic rings. The Balaban J connectivity index is 1.65. The standard InChI is InChI=1S/C25H23BrFN3O4/c1-3-33-22-13-17(12-21(26)23(22)34-15-18-7-5-4-6-16(18)2)14-28-30-25(32)24(31)29-20-10-8-19(27)9-11-20/h4-14H,3,15H2,1-2H3,(H,29,31)(H,30,32)/b28-14+. The highest BCUT2D eigenvalue weighted by Gasteiger charge is 2.14. The van der Waals surface area contributed by atoms with Crippen LogP contribution in [0.4, 0.5) is 10.1 Å². The Labute approximate surface area is 205 Å². The van der Waals surface area contributed by atoms with E-state index in [1.54, 1.807) is 12.1 Å². The lowest BCUT2D eigenvalue weighted by Crippen LogP contribution is -2.32. The Morgan fingerprint density at radius 1 is 1.06 bits per heavy atom. The van der Waals surface area contributed by atoms with Gasteiger partial charge in [0.25, 0.3) is 0 Å². The number of rotatable bonds is 8. The van der Waals surface area contributed by atoms with E-state index in [-0.39, 0.29) is 5.69 Å². The summed E-state index contributed by atoms with van der Waals surface area (Å²) in [6, 6.07) is 16.5. The Hall–Kier alpha value is -3.72. The van der Waals surface area contributed by atoms with Crippen molar-refractivity contribution in [1.29, 1.82) is 0 Å². The predicted octanol–water partition coefficient (Wildman–Crippen LogP) is 4.96. The van der Waals surface area contributed by atoms with Gasteiger partial charge < -0.3 is 14.8 Å². The molecule has 34 heavy (non-hydrogen) atoms. The Morgan fingerprint density at radius 3 is 2.50 bits per heavy atom. The smallest absolute Gasteiger partial charge is 0.329 e. The molecule has 0 aliphatic heterocycles. The molecule has 0 aliphatic carbocycles. The fourth-order valence-corrected chi connectivity index (χ4v) is 3.50. The molecule has 9 heteroatoms. The van der Waals surface area contributed by atoms with Gasteiger partial charge in [0.15, 0.2) is 11.5 Å². The maximum atomic E-state index is 12.9. The van der Waals surface area contributed by atoms with Crippen molar-refractivity contribution in [1.82, 2.24) is 5.43 Å². The number of hydrogen-bond donors (Lipinski definition) is 2. The molecule has 0 atom stereocenters. The average molecular weight is 528 g/mol. The molecule has 0 spiro atoms. The third-order valence-electron chi connectivity index (χ3n) is 4.65. The summed E-state index contributed by atoms with van der Waals surface area (Å²) in [4.78, 5) is 23.9. The topological polar surface area (TPSA) is 89.0 Å². The Kier molecular flexibility index (Phi) is 8.75. The summed E-state index contributed by atoms with van der Waals surface area (Å²) in [5, 5.41) is 6.19. The van der Waals surface area contributed by atoms with E-state index in [0.29, 0.717) is 34.7 Å². The number of carbonyl (C=O) groups excluding carboxylic acids is 2. The lowest BCUT2D eigenvalue weighted by atomic mass is 10.1. The number of benzene rings is 3. The number of nitrogens with one attached hydrogen (secondary N) is 2. The van der Waals surface area contributed by atoms with Crippen LogP contribution < -0.4 is 20.2 Å². The van der Waals surface area contributed by atoms with E-state index in [0.717, 1.165) is 11.1 Å². The van der Waals surface area contributed by atoms with Crippen molar-refractivity contribution in [2.75, 3.05) is 11.9 Å². The number of amides is 2. The molecule has 176 valence electrons. The van der Waals surface area contributed by atoms with Crippen molar-refractivity contribution in [2.45, 2.75) is 20.5 Å². The highest BCUT2D eigenvalue weighted by Crippen LogP contribution is 2.37. The molecule has 0 aromatic heterocycles. The molecule has 0 aliphatic rings. The summed E-state index contributed by atoms with van der Waals surface area (Å²) in [6.07, 6.45) is 1.38. The number of anilines is 1. The summed E-state index contributed by atoms with van der Waals surface area (Å²) >= 11 is 3.50. The molecule has 0 saturated heterocycles. The first-order valence-corrected chi connectivity index (χ1v) is 11.2. The molecule has 0 heterocycles. The molecule has 2 amide bonds. The van der Waals surface area contributed by atoms with Gasteiger partial charge in [-0.15, -0.1) is 0 Å². The van der Waals surface area contributed by atoms with Crippen molar-refractivity contribution in [2.24, 2.45) is 5.10 Å². The van der Waals surface area contributed by atoms with E-state index in [1.165, 1.54) is 30.5 Å². The van der Waals surface area contributed by atoms with E-state index in [1.807, 2.05) is 38.1 Å². The largest absolute Gasteiger partial charge is 0.490 e. The zero-order chi connectivity index (χ0) is 24.5. The number of carbonyl (C=O) groups is 2. The fraction of sp³-hybridized carbons (Fsp3) is 0.160. The quantitative estimate of drug-likeness (QED) is 0.246. The molecule has 3 rings (SSSR count). The molecular formula is C25H23BrFN3O4. The zero-order valence-electron chi connectivity index (χ0n) is 18.6. The Morgan fingerprint density at radius 2 is 1.79 bits per heavy atom. The molecular weight excluding hydrogens is 505 g/mol. The van der Waals surface area contributed by atoms with Gasteiger partial charge >= 0.3 is 11.8 Å². The van der Waals surface area contributed by atoms with Crippen molar-refractivity contribution in [3.8, 4) is 11.5 Å². The number of nitrogens with zero attached hydrogens (tertiary/aromatic N) is 1. The second-order valence-electron chi connectivity index (χ2n) is 7.14. The van der Waals surface area contributed by atoms with Crippen molar-refractivity contribution in [3.63, 3.8) is 0 Å². The minimum Gasteiger partial charge on any atom is -0.490 e. The monoisotopic (exact) mass is 527 g/mol. The van der Waals surface area contributed by atoms with E-state index in [2.05, 4.69) is 31.8 Å². The van der Waals surface area contributed by atoms with E-state index in [9.17, 15) is 14.0 Å². The summed E-state index contributed by atoms with van der Waals surface area (Å²) in [5.74, 6) is -1.30. The summed E-state index contributed by atoms with van der Waals surface area (Å²) in [7, 11) is 0. The van der Waals surface area contributed by atoms with Gasteiger partial charge in [-0.05, 0) is 82.9 Å². The van der Waals surface area contributed by atoms with Crippen LogP contribution in [0.25, 0.3) is 0 Å². The van der Waals surface area contributed by atoms with E-state index >= 15 is 0 Å². The van der Waals surface area contributed by atoms with Crippen molar-refractivity contribution >= 4 is 39.6 Å². The van der Waals surface area contributed by atoms with Crippen LogP contribution in [-0.2, 0) is 16.2 Å². The first-order valence-electron chi connectivity index (χ1n) is 10.4. The maximum Gasteiger partial charge on any atom is 0.329 e. The van der Waals surface area contributed by atoms with Crippen LogP contribution in [-0.4, -0.2) is 24.6 Å². The van der Waals surface area contributed by atoms with E-state index in [4.69, 9.17) is 9.47 Å². The van der Waals surface area contributed by atoms with Gasteiger partial charge in [0.2, 0.25) is 0 Å².